The average molecular weight is 396 g/mol. The average Bonchev–Trinajstić information content (AvgIpc) is 2.80. The van der Waals surface area contributed by atoms with Gasteiger partial charge in [0.15, 0.2) is 0 Å². The lowest BCUT2D eigenvalue weighted by atomic mass is 10.1. The number of rotatable bonds is 7. The maximum atomic E-state index is 5.50. The molecule has 142 valence electrons. The van der Waals surface area contributed by atoms with Crippen molar-refractivity contribution in [2.24, 2.45) is 0 Å². The van der Waals surface area contributed by atoms with Gasteiger partial charge in [-0.05, 0) is 36.0 Å². The number of hydrogen-bond donors (Lipinski definition) is 0. The Bertz CT molecular complexity index is 1040. The quantitative estimate of drug-likeness (QED) is 0.342. The van der Waals surface area contributed by atoms with Gasteiger partial charge in [0.1, 0.15) is 6.61 Å². The van der Waals surface area contributed by atoms with Gasteiger partial charge in [-0.2, -0.15) is 4.98 Å². The standard InChI is InChI=1S/C25H21N2OP/c1-2-18-28-25-26-17-16-24(27-25)20-10-9-15-23(19-20)29(21-11-5-3-6-12-21)22-13-7-4-8-14-22/h2-17,19H,1,18H2. The fourth-order valence-corrected chi connectivity index (χ4v) is 5.45. The van der Waals surface area contributed by atoms with E-state index in [1.165, 1.54) is 15.9 Å². The molecule has 0 spiro atoms. The van der Waals surface area contributed by atoms with E-state index in [-0.39, 0.29) is 0 Å². The zero-order valence-corrected chi connectivity index (χ0v) is 16.9. The Labute approximate surface area is 172 Å². The van der Waals surface area contributed by atoms with Crippen molar-refractivity contribution < 1.29 is 4.74 Å². The second kappa shape index (κ2) is 9.27. The first-order chi connectivity index (χ1) is 14.3. The van der Waals surface area contributed by atoms with Gasteiger partial charge in [-0.15, -0.1) is 0 Å². The lowest BCUT2D eigenvalue weighted by Crippen LogP contribution is -2.20. The molecule has 0 aliphatic heterocycles. The van der Waals surface area contributed by atoms with Crippen LogP contribution in [0.25, 0.3) is 11.3 Å². The molecule has 1 heterocycles. The third-order valence-electron chi connectivity index (χ3n) is 4.39. The largest absolute Gasteiger partial charge is 0.459 e. The maximum absolute atomic E-state index is 5.50. The van der Waals surface area contributed by atoms with E-state index in [4.69, 9.17) is 4.74 Å². The Balaban J connectivity index is 1.75. The summed E-state index contributed by atoms with van der Waals surface area (Å²) in [5.41, 5.74) is 1.89. The summed E-state index contributed by atoms with van der Waals surface area (Å²) >= 11 is 0. The number of benzene rings is 3. The van der Waals surface area contributed by atoms with Crippen LogP contribution in [0.15, 0.2) is 110 Å². The van der Waals surface area contributed by atoms with Crippen molar-refractivity contribution in [3.8, 4) is 17.3 Å². The SMILES string of the molecule is C=CCOc1nccc(-c2cccc(P(c3ccccc3)c3ccccc3)c2)n1. The molecule has 29 heavy (non-hydrogen) atoms. The van der Waals surface area contributed by atoms with Gasteiger partial charge in [0.05, 0.1) is 5.69 Å². The van der Waals surface area contributed by atoms with Crippen molar-refractivity contribution in [1.82, 2.24) is 9.97 Å². The van der Waals surface area contributed by atoms with Crippen LogP contribution in [0.1, 0.15) is 0 Å². The van der Waals surface area contributed by atoms with Crippen LogP contribution in [-0.4, -0.2) is 16.6 Å². The fraction of sp³-hybridized carbons (Fsp3) is 0.0400. The highest BCUT2D eigenvalue weighted by Crippen LogP contribution is 2.33. The van der Waals surface area contributed by atoms with Crippen molar-refractivity contribution >= 4 is 23.8 Å². The van der Waals surface area contributed by atoms with Crippen molar-refractivity contribution in [3.63, 3.8) is 0 Å². The minimum absolute atomic E-state index is 0.362. The Morgan fingerprint density at radius 1 is 0.793 bits per heavy atom. The van der Waals surface area contributed by atoms with Crippen LogP contribution in [0.4, 0.5) is 0 Å². The molecule has 0 aliphatic rings. The van der Waals surface area contributed by atoms with Crippen LogP contribution >= 0.6 is 7.92 Å². The normalized spacial score (nSPS) is 10.7. The molecule has 0 amide bonds. The smallest absolute Gasteiger partial charge is 0.317 e. The molecule has 0 saturated heterocycles. The van der Waals surface area contributed by atoms with Crippen molar-refractivity contribution in [2.45, 2.75) is 0 Å². The number of ether oxygens (including phenoxy) is 1. The van der Waals surface area contributed by atoms with Gasteiger partial charge in [-0.3, -0.25) is 0 Å². The van der Waals surface area contributed by atoms with E-state index < -0.39 is 7.92 Å². The van der Waals surface area contributed by atoms with E-state index in [2.05, 4.69) is 101 Å². The first kappa shape index (κ1) is 19.0. The highest BCUT2D eigenvalue weighted by atomic mass is 31.1. The molecule has 4 heteroatoms. The molecule has 0 N–H and O–H groups in total. The monoisotopic (exact) mass is 396 g/mol. The molecule has 3 aromatic carbocycles. The molecular weight excluding hydrogens is 375 g/mol. The highest BCUT2D eigenvalue weighted by molar-refractivity contribution is 7.79. The summed E-state index contributed by atoms with van der Waals surface area (Å²) in [6.07, 6.45) is 3.41. The van der Waals surface area contributed by atoms with Crippen LogP contribution in [0.2, 0.25) is 0 Å². The molecule has 0 unspecified atom stereocenters. The van der Waals surface area contributed by atoms with Crippen LogP contribution in [0, 0.1) is 0 Å². The number of hydrogen-bond acceptors (Lipinski definition) is 3. The highest BCUT2D eigenvalue weighted by Gasteiger charge is 2.17. The summed E-state index contributed by atoms with van der Waals surface area (Å²) in [5.74, 6) is 0. The summed E-state index contributed by atoms with van der Waals surface area (Å²) in [6.45, 7) is 4.05. The van der Waals surface area contributed by atoms with Crippen molar-refractivity contribution in [2.75, 3.05) is 6.61 Å². The Morgan fingerprint density at radius 3 is 2.10 bits per heavy atom. The molecule has 0 saturated carbocycles. The Hall–Kier alpha value is -3.29. The first-order valence-corrected chi connectivity index (χ1v) is 10.8. The van der Waals surface area contributed by atoms with Crippen LogP contribution in [0.5, 0.6) is 6.01 Å². The summed E-state index contributed by atoms with van der Waals surface area (Å²) in [5, 5.41) is 3.93. The van der Waals surface area contributed by atoms with E-state index in [0.717, 1.165) is 11.3 Å². The number of nitrogens with zero attached hydrogens (tertiary/aromatic N) is 2. The summed E-state index contributed by atoms with van der Waals surface area (Å²) < 4.78 is 5.50. The second-order valence-electron chi connectivity index (χ2n) is 6.38. The van der Waals surface area contributed by atoms with Gasteiger partial charge in [0.2, 0.25) is 0 Å². The maximum Gasteiger partial charge on any atom is 0.317 e. The molecule has 0 atom stereocenters. The predicted octanol–water partition coefficient (Wildman–Crippen LogP) is 4.47. The molecule has 0 radical (unpaired) electrons. The van der Waals surface area contributed by atoms with E-state index in [9.17, 15) is 0 Å². The van der Waals surface area contributed by atoms with E-state index in [1.54, 1.807) is 12.3 Å². The summed E-state index contributed by atoms with van der Waals surface area (Å²) in [4.78, 5) is 8.73. The number of aromatic nitrogens is 2. The van der Waals surface area contributed by atoms with Gasteiger partial charge >= 0.3 is 6.01 Å². The third-order valence-corrected chi connectivity index (χ3v) is 6.82. The zero-order chi connectivity index (χ0) is 19.9. The molecular formula is C25H21N2OP. The molecule has 0 fully saturated rings. The van der Waals surface area contributed by atoms with Gasteiger partial charge in [0.25, 0.3) is 0 Å². The second-order valence-corrected chi connectivity index (χ2v) is 8.60. The zero-order valence-electron chi connectivity index (χ0n) is 16.0. The molecule has 1 aromatic heterocycles. The third kappa shape index (κ3) is 4.59. The summed E-state index contributed by atoms with van der Waals surface area (Å²) in [7, 11) is -0.657. The fourth-order valence-electron chi connectivity index (χ4n) is 3.11. The Morgan fingerprint density at radius 2 is 1.45 bits per heavy atom. The van der Waals surface area contributed by atoms with Gasteiger partial charge in [-0.25, -0.2) is 4.98 Å². The van der Waals surface area contributed by atoms with Gasteiger partial charge in [0, 0.05) is 11.8 Å². The van der Waals surface area contributed by atoms with Crippen LogP contribution < -0.4 is 20.7 Å². The van der Waals surface area contributed by atoms with Crippen molar-refractivity contribution in [1.29, 1.82) is 0 Å². The van der Waals surface area contributed by atoms with Crippen molar-refractivity contribution in [3.05, 3.63) is 110 Å². The lowest BCUT2D eigenvalue weighted by molar-refractivity contribution is 0.333. The van der Waals surface area contributed by atoms with Crippen LogP contribution in [0.3, 0.4) is 0 Å². The first-order valence-electron chi connectivity index (χ1n) is 9.42. The van der Waals surface area contributed by atoms with Gasteiger partial charge in [-0.1, -0.05) is 91.5 Å². The minimum Gasteiger partial charge on any atom is -0.459 e. The minimum atomic E-state index is -0.657. The Kier molecular flexibility index (Phi) is 6.09. The van der Waals surface area contributed by atoms with E-state index in [0.29, 0.717) is 12.6 Å². The van der Waals surface area contributed by atoms with Gasteiger partial charge < -0.3 is 4.74 Å². The molecule has 0 bridgehead atoms. The topological polar surface area (TPSA) is 35.0 Å². The molecule has 4 rings (SSSR count). The predicted molar refractivity (Wildman–Crippen MR) is 122 cm³/mol. The molecule has 0 aliphatic carbocycles. The summed E-state index contributed by atoms with van der Waals surface area (Å²) in [6, 6.07) is 32.2. The van der Waals surface area contributed by atoms with E-state index in [1.807, 2.05) is 6.07 Å². The lowest BCUT2D eigenvalue weighted by Gasteiger charge is -2.20. The molecule has 3 nitrogen and oxygen atoms in total. The van der Waals surface area contributed by atoms with Crippen LogP contribution in [-0.2, 0) is 0 Å². The van der Waals surface area contributed by atoms with E-state index >= 15 is 0 Å². The molecule has 4 aromatic rings.